The topological polar surface area (TPSA) is 63.7 Å². The Hall–Kier alpha value is -1.39. The highest BCUT2D eigenvalue weighted by molar-refractivity contribution is 5.92. The van der Waals surface area contributed by atoms with Crippen LogP contribution in [-0.2, 0) is 14.3 Å². The number of amides is 1. The maximum Gasteiger partial charge on any atom is 0.410 e. The number of piperidine rings is 1. The molecule has 0 aromatic carbocycles. The lowest BCUT2D eigenvalue weighted by atomic mass is 9.95. The molecule has 1 aliphatic carbocycles. The van der Waals surface area contributed by atoms with Gasteiger partial charge in [0.15, 0.2) is 0 Å². The van der Waals surface area contributed by atoms with Gasteiger partial charge in [0.2, 0.25) is 0 Å². The molecule has 0 aromatic heterocycles. The molecule has 20 heavy (non-hydrogen) atoms. The molecular weight excluding hydrogens is 258 g/mol. The number of nitrogens with zero attached hydrogens (tertiary/aromatic N) is 1. The Balaban J connectivity index is 1.91. The van der Waals surface area contributed by atoms with Crippen molar-refractivity contribution in [2.75, 3.05) is 13.1 Å². The van der Waals surface area contributed by atoms with E-state index in [1.54, 1.807) is 4.90 Å². The van der Waals surface area contributed by atoms with Crippen molar-refractivity contribution < 1.29 is 19.1 Å². The molecule has 2 unspecified atom stereocenters. The fourth-order valence-corrected chi connectivity index (χ4v) is 2.92. The molecule has 2 aliphatic rings. The normalized spacial score (nSPS) is 28.0. The minimum atomic E-state index is -0.518. The maximum absolute atomic E-state index is 12.2. The average Bonchev–Trinajstić information content (AvgIpc) is 2.87. The number of hydrogen-bond donors (Lipinski definition) is 0. The molecule has 0 N–H and O–H groups in total. The number of carbonyl (C=O) groups excluding carboxylic acids is 3. The Morgan fingerprint density at radius 3 is 2.45 bits per heavy atom. The lowest BCUT2D eigenvalue weighted by Crippen LogP contribution is -2.38. The second-order valence-electron chi connectivity index (χ2n) is 7.04. The molecule has 1 aliphatic heterocycles. The van der Waals surface area contributed by atoms with Crippen LogP contribution in [0.2, 0.25) is 0 Å². The first-order chi connectivity index (χ1) is 9.14. The molecule has 0 aromatic rings. The molecule has 1 saturated carbocycles. The predicted molar refractivity (Wildman–Crippen MR) is 73.3 cm³/mol. The van der Waals surface area contributed by atoms with Crippen molar-refractivity contribution in [3.63, 3.8) is 0 Å². The SMILES string of the molecule is CC(=O)CCC(=O)C12CC1CN(C(=O)OC(C)(C)C)C2. The Labute approximate surface area is 119 Å². The van der Waals surface area contributed by atoms with Crippen molar-refractivity contribution in [3.05, 3.63) is 0 Å². The van der Waals surface area contributed by atoms with Crippen molar-refractivity contribution in [1.29, 1.82) is 0 Å². The van der Waals surface area contributed by atoms with Crippen molar-refractivity contribution >= 4 is 17.7 Å². The van der Waals surface area contributed by atoms with E-state index < -0.39 is 5.60 Å². The minimum absolute atomic E-state index is 0.0361. The van der Waals surface area contributed by atoms with Gasteiger partial charge in [-0.15, -0.1) is 0 Å². The Bertz CT molecular complexity index is 451. The molecule has 0 radical (unpaired) electrons. The van der Waals surface area contributed by atoms with Gasteiger partial charge in [-0.1, -0.05) is 0 Å². The molecule has 1 saturated heterocycles. The zero-order valence-corrected chi connectivity index (χ0v) is 12.7. The van der Waals surface area contributed by atoms with Crippen LogP contribution in [-0.4, -0.2) is 41.3 Å². The van der Waals surface area contributed by atoms with Crippen LogP contribution in [0.5, 0.6) is 0 Å². The van der Waals surface area contributed by atoms with Gasteiger partial charge in [0.25, 0.3) is 0 Å². The first kappa shape index (κ1) is 15.0. The van der Waals surface area contributed by atoms with Crippen LogP contribution in [0, 0.1) is 11.3 Å². The van der Waals surface area contributed by atoms with Crippen LogP contribution in [0.3, 0.4) is 0 Å². The van der Waals surface area contributed by atoms with Gasteiger partial charge in [-0.3, -0.25) is 4.79 Å². The summed E-state index contributed by atoms with van der Waals surface area (Å²) >= 11 is 0. The number of fused-ring (bicyclic) bond motifs is 1. The van der Waals surface area contributed by atoms with Crippen molar-refractivity contribution in [1.82, 2.24) is 4.90 Å². The van der Waals surface area contributed by atoms with Crippen LogP contribution in [0.4, 0.5) is 4.79 Å². The number of ether oxygens (including phenoxy) is 1. The van der Waals surface area contributed by atoms with Gasteiger partial charge in [0.05, 0.1) is 5.41 Å². The number of ketones is 2. The highest BCUT2D eigenvalue weighted by Crippen LogP contribution is 2.59. The summed E-state index contributed by atoms with van der Waals surface area (Å²) in [6, 6.07) is 0. The van der Waals surface area contributed by atoms with E-state index in [9.17, 15) is 14.4 Å². The highest BCUT2D eigenvalue weighted by Gasteiger charge is 2.65. The third kappa shape index (κ3) is 3.02. The van der Waals surface area contributed by atoms with Crippen molar-refractivity contribution in [3.8, 4) is 0 Å². The van der Waals surface area contributed by atoms with Crippen LogP contribution in [0.15, 0.2) is 0 Å². The van der Waals surface area contributed by atoms with E-state index in [4.69, 9.17) is 4.74 Å². The number of rotatable bonds is 4. The van der Waals surface area contributed by atoms with E-state index >= 15 is 0 Å². The summed E-state index contributed by atoms with van der Waals surface area (Å²) in [5.74, 6) is 0.423. The molecular formula is C15H23NO4. The average molecular weight is 281 g/mol. The lowest BCUT2D eigenvalue weighted by Gasteiger charge is -2.26. The van der Waals surface area contributed by atoms with Gasteiger partial charge in [0, 0.05) is 25.9 Å². The van der Waals surface area contributed by atoms with E-state index in [2.05, 4.69) is 0 Å². The zero-order chi connectivity index (χ0) is 15.1. The number of carbonyl (C=O) groups is 3. The molecule has 2 fully saturated rings. The van der Waals surface area contributed by atoms with Crippen molar-refractivity contribution in [2.24, 2.45) is 11.3 Å². The summed E-state index contributed by atoms with van der Waals surface area (Å²) in [7, 11) is 0. The fourth-order valence-electron chi connectivity index (χ4n) is 2.92. The second kappa shape index (κ2) is 4.86. The summed E-state index contributed by atoms with van der Waals surface area (Å²) in [6.45, 7) is 8.03. The second-order valence-corrected chi connectivity index (χ2v) is 7.04. The van der Waals surface area contributed by atoms with E-state index in [1.165, 1.54) is 6.92 Å². The minimum Gasteiger partial charge on any atom is -0.444 e. The molecule has 2 rings (SSSR count). The molecule has 1 heterocycles. The largest absolute Gasteiger partial charge is 0.444 e. The fraction of sp³-hybridized carbons (Fsp3) is 0.800. The quantitative estimate of drug-likeness (QED) is 0.792. The predicted octanol–water partition coefficient (Wildman–Crippen LogP) is 2.18. The summed E-state index contributed by atoms with van der Waals surface area (Å²) < 4.78 is 5.34. The third-order valence-electron chi connectivity index (χ3n) is 4.06. The molecule has 5 nitrogen and oxygen atoms in total. The van der Waals surface area contributed by atoms with Gasteiger partial charge >= 0.3 is 6.09 Å². The standard InChI is InChI=1S/C15H23NO4/c1-10(17)5-6-12(18)15-7-11(15)8-16(9-15)13(19)20-14(2,3)4/h11H,5-9H2,1-4H3. The lowest BCUT2D eigenvalue weighted by molar-refractivity contribution is -0.127. The first-order valence-corrected chi connectivity index (χ1v) is 7.15. The molecule has 2 atom stereocenters. The molecule has 0 bridgehead atoms. The van der Waals surface area contributed by atoms with Crippen LogP contribution < -0.4 is 0 Å². The van der Waals surface area contributed by atoms with Crippen LogP contribution in [0.25, 0.3) is 0 Å². The highest BCUT2D eigenvalue weighted by atomic mass is 16.6. The smallest absolute Gasteiger partial charge is 0.410 e. The van der Waals surface area contributed by atoms with E-state index in [0.29, 0.717) is 25.9 Å². The molecule has 112 valence electrons. The maximum atomic E-state index is 12.2. The van der Waals surface area contributed by atoms with Crippen molar-refractivity contribution in [2.45, 2.75) is 52.6 Å². The third-order valence-corrected chi connectivity index (χ3v) is 4.06. The van der Waals surface area contributed by atoms with Gasteiger partial charge in [0.1, 0.15) is 17.2 Å². The number of Topliss-reactive ketones (excluding diaryl/α,β-unsaturated/α-hetero) is 2. The Kier molecular flexibility index (Phi) is 3.65. The van der Waals surface area contributed by atoms with E-state index in [0.717, 1.165) is 6.42 Å². The summed E-state index contributed by atoms with van der Waals surface area (Å²) in [6.07, 6.45) is 1.11. The zero-order valence-electron chi connectivity index (χ0n) is 12.7. The van der Waals surface area contributed by atoms with Crippen LogP contribution in [0.1, 0.15) is 47.0 Å². The number of likely N-dealkylation sites (tertiary alicyclic amines) is 1. The van der Waals surface area contributed by atoms with Gasteiger partial charge in [-0.25, -0.2) is 4.79 Å². The van der Waals surface area contributed by atoms with E-state index in [1.807, 2.05) is 20.8 Å². The summed E-state index contributed by atoms with van der Waals surface area (Å²) in [5, 5.41) is 0. The van der Waals surface area contributed by atoms with E-state index in [-0.39, 0.29) is 29.0 Å². The molecule has 5 heteroatoms. The monoisotopic (exact) mass is 281 g/mol. The molecule has 0 spiro atoms. The Morgan fingerprint density at radius 2 is 1.90 bits per heavy atom. The summed E-state index contributed by atoms with van der Waals surface area (Å²) in [4.78, 5) is 36.8. The summed E-state index contributed by atoms with van der Waals surface area (Å²) in [5.41, 5.74) is -0.901. The van der Waals surface area contributed by atoms with Gasteiger partial charge in [-0.05, 0) is 40.0 Å². The first-order valence-electron chi connectivity index (χ1n) is 7.15. The molecule has 1 amide bonds. The Morgan fingerprint density at radius 1 is 1.25 bits per heavy atom. The van der Waals surface area contributed by atoms with Crippen LogP contribution >= 0.6 is 0 Å². The van der Waals surface area contributed by atoms with Gasteiger partial charge < -0.3 is 14.4 Å². The number of hydrogen-bond acceptors (Lipinski definition) is 4. The van der Waals surface area contributed by atoms with Gasteiger partial charge in [-0.2, -0.15) is 0 Å².